The SMILES string of the molecule is C[C@]1(O)CCOC[C@@H]1[C@@H]1CCCN1Cc1ccc(F)cc1C#N. The van der Waals surface area contributed by atoms with E-state index in [2.05, 4.69) is 11.0 Å². The van der Waals surface area contributed by atoms with Crippen molar-refractivity contribution in [2.24, 2.45) is 5.92 Å². The molecule has 2 saturated heterocycles. The summed E-state index contributed by atoms with van der Waals surface area (Å²) in [7, 11) is 0. The minimum absolute atomic E-state index is 0.0738. The molecule has 0 unspecified atom stereocenters. The topological polar surface area (TPSA) is 56.5 Å². The first-order chi connectivity index (χ1) is 11.0. The fraction of sp³-hybridized carbons (Fsp3) is 0.611. The fourth-order valence-electron chi connectivity index (χ4n) is 3.89. The van der Waals surface area contributed by atoms with Crippen LogP contribution in [0.2, 0.25) is 0 Å². The Bertz CT molecular complexity index is 612. The summed E-state index contributed by atoms with van der Waals surface area (Å²) in [6.45, 7) is 4.62. The van der Waals surface area contributed by atoms with Gasteiger partial charge in [-0.25, -0.2) is 4.39 Å². The van der Waals surface area contributed by atoms with E-state index in [0.717, 1.165) is 24.9 Å². The highest BCUT2D eigenvalue weighted by molar-refractivity contribution is 5.38. The Kier molecular flexibility index (Phi) is 4.67. The Balaban J connectivity index is 1.79. The molecule has 2 fully saturated rings. The summed E-state index contributed by atoms with van der Waals surface area (Å²) in [5.74, 6) is -0.309. The van der Waals surface area contributed by atoms with E-state index in [0.29, 0.717) is 31.7 Å². The molecule has 0 spiro atoms. The van der Waals surface area contributed by atoms with Crippen molar-refractivity contribution in [3.05, 3.63) is 35.1 Å². The molecular weight excluding hydrogens is 295 g/mol. The standard InChI is InChI=1S/C18H23FN2O2/c1-18(22)6-8-23-12-16(18)17-3-2-7-21(17)11-13-4-5-15(19)9-14(13)10-20/h4-5,9,16-17,22H,2-3,6-8,11-12H2,1H3/t16-,17+,18+/m1/s1. The number of ether oxygens (including phenoxy) is 1. The van der Waals surface area contributed by atoms with Crippen molar-refractivity contribution in [3.63, 3.8) is 0 Å². The first kappa shape index (κ1) is 16.4. The van der Waals surface area contributed by atoms with Crippen molar-refractivity contribution in [1.29, 1.82) is 5.26 Å². The number of halogens is 1. The number of rotatable bonds is 3. The van der Waals surface area contributed by atoms with Crippen LogP contribution >= 0.6 is 0 Å². The zero-order valence-electron chi connectivity index (χ0n) is 13.5. The third-order valence-electron chi connectivity index (χ3n) is 5.29. The zero-order valence-corrected chi connectivity index (χ0v) is 13.5. The van der Waals surface area contributed by atoms with E-state index in [1.165, 1.54) is 12.1 Å². The van der Waals surface area contributed by atoms with Crippen LogP contribution in [0.4, 0.5) is 4.39 Å². The Hall–Kier alpha value is -1.48. The number of nitrogens with zero attached hydrogens (tertiary/aromatic N) is 2. The number of benzene rings is 1. The van der Waals surface area contributed by atoms with Crippen molar-refractivity contribution in [1.82, 2.24) is 4.90 Å². The van der Waals surface area contributed by atoms with Crippen molar-refractivity contribution in [2.45, 2.75) is 44.4 Å². The second kappa shape index (κ2) is 6.56. The summed E-state index contributed by atoms with van der Waals surface area (Å²) in [5.41, 5.74) is 0.520. The van der Waals surface area contributed by atoms with Crippen LogP contribution in [-0.2, 0) is 11.3 Å². The van der Waals surface area contributed by atoms with Gasteiger partial charge in [0.25, 0.3) is 0 Å². The molecule has 2 heterocycles. The first-order valence-corrected chi connectivity index (χ1v) is 8.24. The van der Waals surface area contributed by atoms with Crippen LogP contribution in [0.1, 0.15) is 37.3 Å². The van der Waals surface area contributed by atoms with E-state index in [9.17, 15) is 14.8 Å². The minimum Gasteiger partial charge on any atom is -0.390 e. The van der Waals surface area contributed by atoms with Gasteiger partial charge in [0.2, 0.25) is 0 Å². The van der Waals surface area contributed by atoms with Crippen LogP contribution in [0.25, 0.3) is 0 Å². The first-order valence-electron chi connectivity index (χ1n) is 8.24. The highest BCUT2D eigenvalue weighted by Gasteiger charge is 2.44. The predicted octanol–water partition coefficient (Wildman–Crippen LogP) is 2.45. The van der Waals surface area contributed by atoms with Crippen LogP contribution in [-0.4, -0.2) is 41.4 Å². The Labute approximate surface area is 136 Å². The average molecular weight is 318 g/mol. The molecule has 0 aliphatic carbocycles. The number of nitriles is 1. The smallest absolute Gasteiger partial charge is 0.124 e. The summed E-state index contributed by atoms with van der Waals surface area (Å²) in [6, 6.07) is 6.71. The zero-order chi connectivity index (χ0) is 16.4. The van der Waals surface area contributed by atoms with Gasteiger partial charge >= 0.3 is 0 Å². The molecule has 124 valence electrons. The molecule has 1 aromatic rings. The molecule has 3 atom stereocenters. The normalized spacial score (nSPS) is 31.9. The molecule has 4 nitrogen and oxygen atoms in total. The van der Waals surface area contributed by atoms with Gasteiger partial charge < -0.3 is 9.84 Å². The molecule has 0 amide bonds. The third kappa shape index (κ3) is 3.40. The van der Waals surface area contributed by atoms with Crippen molar-refractivity contribution in [2.75, 3.05) is 19.8 Å². The van der Waals surface area contributed by atoms with E-state index in [4.69, 9.17) is 4.74 Å². The summed E-state index contributed by atoms with van der Waals surface area (Å²) in [6.07, 6.45) is 2.75. The number of aliphatic hydroxyl groups is 1. The van der Waals surface area contributed by atoms with Crippen molar-refractivity contribution < 1.29 is 14.2 Å². The van der Waals surface area contributed by atoms with Gasteiger partial charge in [-0.05, 0) is 50.4 Å². The van der Waals surface area contributed by atoms with E-state index in [1.54, 1.807) is 6.07 Å². The maximum Gasteiger partial charge on any atom is 0.124 e. The van der Waals surface area contributed by atoms with Gasteiger partial charge in [0.1, 0.15) is 5.82 Å². The van der Waals surface area contributed by atoms with E-state index >= 15 is 0 Å². The lowest BCUT2D eigenvalue weighted by Crippen LogP contribution is -2.52. The molecule has 1 N–H and O–H groups in total. The average Bonchev–Trinajstić information content (AvgIpc) is 2.96. The highest BCUT2D eigenvalue weighted by Crippen LogP contribution is 2.36. The molecular formula is C18H23FN2O2. The fourth-order valence-corrected chi connectivity index (χ4v) is 3.89. The van der Waals surface area contributed by atoms with Crippen molar-refractivity contribution in [3.8, 4) is 6.07 Å². The van der Waals surface area contributed by atoms with Crippen molar-refractivity contribution >= 4 is 0 Å². The van der Waals surface area contributed by atoms with Gasteiger partial charge in [-0.2, -0.15) is 5.26 Å². The van der Waals surface area contributed by atoms with Crippen LogP contribution in [0.3, 0.4) is 0 Å². The minimum atomic E-state index is -0.716. The predicted molar refractivity (Wildman–Crippen MR) is 84.1 cm³/mol. The van der Waals surface area contributed by atoms with Gasteiger partial charge in [0.05, 0.1) is 23.8 Å². The summed E-state index contributed by atoms with van der Waals surface area (Å²) in [5, 5.41) is 19.9. The maximum absolute atomic E-state index is 13.3. The molecule has 0 saturated carbocycles. The molecule has 0 radical (unpaired) electrons. The second-order valence-electron chi connectivity index (χ2n) is 6.88. The molecule has 2 aliphatic rings. The van der Waals surface area contributed by atoms with E-state index < -0.39 is 5.60 Å². The Morgan fingerprint density at radius 3 is 3.09 bits per heavy atom. The van der Waals surface area contributed by atoms with Gasteiger partial charge in [0, 0.05) is 25.1 Å². The van der Waals surface area contributed by atoms with Crippen LogP contribution in [0.15, 0.2) is 18.2 Å². The molecule has 23 heavy (non-hydrogen) atoms. The van der Waals surface area contributed by atoms with Crippen LogP contribution in [0.5, 0.6) is 0 Å². The molecule has 0 aromatic heterocycles. The molecule has 0 bridgehead atoms. The molecule has 3 rings (SSSR count). The summed E-state index contributed by atoms with van der Waals surface area (Å²) < 4.78 is 18.9. The quantitative estimate of drug-likeness (QED) is 0.930. The molecule has 5 heteroatoms. The molecule has 2 aliphatic heterocycles. The number of hydrogen-bond donors (Lipinski definition) is 1. The number of likely N-dealkylation sites (tertiary alicyclic amines) is 1. The van der Waals surface area contributed by atoms with Gasteiger partial charge in [-0.15, -0.1) is 0 Å². The van der Waals surface area contributed by atoms with Crippen LogP contribution < -0.4 is 0 Å². The maximum atomic E-state index is 13.3. The van der Waals surface area contributed by atoms with Gasteiger partial charge in [-0.1, -0.05) is 6.07 Å². The van der Waals surface area contributed by atoms with E-state index in [1.807, 2.05) is 6.92 Å². The Morgan fingerprint density at radius 1 is 1.52 bits per heavy atom. The largest absolute Gasteiger partial charge is 0.390 e. The lowest BCUT2D eigenvalue weighted by Gasteiger charge is -2.43. The van der Waals surface area contributed by atoms with Crippen LogP contribution in [0, 0.1) is 23.1 Å². The number of hydrogen-bond acceptors (Lipinski definition) is 4. The Morgan fingerprint density at radius 2 is 2.35 bits per heavy atom. The summed E-state index contributed by atoms with van der Waals surface area (Å²) >= 11 is 0. The summed E-state index contributed by atoms with van der Waals surface area (Å²) in [4.78, 5) is 2.31. The van der Waals surface area contributed by atoms with Gasteiger partial charge in [-0.3, -0.25) is 4.90 Å². The highest BCUT2D eigenvalue weighted by atomic mass is 19.1. The third-order valence-corrected chi connectivity index (χ3v) is 5.29. The lowest BCUT2D eigenvalue weighted by molar-refractivity contribution is -0.123. The lowest BCUT2D eigenvalue weighted by atomic mass is 9.79. The van der Waals surface area contributed by atoms with Gasteiger partial charge in [0.15, 0.2) is 0 Å². The van der Waals surface area contributed by atoms with E-state index in [-0.39, 0.29) is 17.8 Å². The second-order valence-corrected chi connectivity index (χ2v) is 6.88. The molecule has 1 aromatic carbocycles. The monoisotopic (exact) mass is 318 g/mol.